The van der Waals surface area contributed by atoms with Gasteiger partial charge in [0.25, 0.3) is 0 Å². The van der Waals surface area contributed by atoms with Gasteiger partial charge >= 0.3 is 0 Å². The molecule has 0 amide bonds. The van der Waals surface area contributed by atoms with Gasteiger partial charge in [-0.15, -0.1) is 0 Å². The minimum Gasteiger partial charge on any atom is -0.511 e. The van der Waals surface area contributed by atoms with E-state index in [0.717, 1.165) is 0 Å². The zero-order chi connectivity index (χ0) is 25.1. The summed E-state index contributed by atoms with van der Waals surface area (Å²) in [6.07, 6.45) is 0. The van der Waals surface area contributed by atoms with Crippen LogP contribution in [0.2, 0.25) is 0 Å². The highest BCUT2D eigenvalue weighted by atomic mass is 16.3. The van der Waals surface area contributed by atoms with Crippen molar-refractivity contribution < 1.29 is 34.8 Å². The number of allylic oxidation sites excluding steroid dienone is 2. The molecular formula is C25H34O7. The van der Waals surface area contributed by atoms with Gasteiger partial charge in [-0.1, -0.05) is 27.7 Å². The van der Waals surface area contributed by atoms with Crippen molar-refractivity contribution in [3.05, 3.63) is 28.0 Å². The quantitative estimate of drug-likeness (QED) is 0.380. The predicted molar refractivity (Wildman–Crippen MR) is 120 cm³/mol. The van der Waals surface area contributed by atoms with E-state index in [-0.39, 0.29) is 22.3 Å². The van der Waals surface area contributed by atoms with E-state index in [4.69, 9.17) is 0 Å². The third-order valence-electron chi connectivity index (χ3n) is 6.55. The Labute approximate surface area is 188 Å². The van der Waals surface area contributed by atoms with Crippen LogP contribution in [-0.2, 0) is 9.59 Å². The van der Waals surface area contributed by atoms with Crippen LogP contribution in [0.25, 0.3) is 0 Å². The normalized spacial score (nSPS) is 19.1. The topological polar surface area (TPSA) is 132 Å². The molecule has 2 rings (SSSR count). The Balaban J connectivity index is 3.02. The van der Waals surface area contributed by atoms with Crippen molar-refractivity contribution >= 4 is 17.3 Å². The largest absolute Gasteiger partial charge is 0.511 e. The first-order valence-corrected chi connectivity index (χ1v) is 10.8. The summed E-state index contributed by atoms with van der Waals surface area (Å²) in [7, 11) is 0. The van der Waals surface area contributed by atoms with E-state index in [0.29, 0.717) is 0 Å². The molecule has 7 heteroatoms. The van der Waals surface area contributed by atoms with Gasteiger partial charge < -0.3 is 20.4 Å². The predicted octanol–water partition coefficient (Wildman–Crippen LogP) is 4.71. The lowest BCUT2D eigenvalue weighted by atomic mass is 9.60. The van der Waals surface area contributed by atoms with Crippen LogP contribution in [0, 0.1) is 29.6 Å². The van der Waals surface area contributed by atoms with E-state index >= 15 is 0 Å². The number of carbonyl (C=O) groups excluding carboxylic acids is 3. The van der Waals surface area contributed by atoms with Crippen LogP contribution in [0.4, 0.5) is 0 Å². The monoisotopic (exact) mass is 446 g/mol. The van der Waals surface area contributed by atoms with Crippen LogP contribution < -0.4 is 0 Å². The third-order valence-corrected chi connectivity index (χ3v) is 6.55. The molecule has 0 bridgehead atoms. The molecule has 0 spiro atoms. The molecule has 0 aromatic heterocycles. The van der Waals surface area contributed by atoms with Crippen molar-refractivity contribution in [3.8, 4) is 17.2 Å². The molecule has 176 valence electrons. The van der Waals surface area contributed by atoms with Crippen molar-refractivity contribution in [2.24, 2.45) is 22.7 Å². The number of phenols is 3. The summed E-state index contributed by atoms with van der Waals surface area (Å²) >= 11 is 0. The lowest BCUT2D eigenvalue weighted by Crippen LogP contribution is -2.50. The number of hydrogen-bond donors (Lipinski definition) is 4. The maximum atomic E-state index is 13.5. The highest BCUT2D eigenvalue weighted by Crippen LogP contribution is 2.54. The van der Waals surface area contributed by atoms with Crippen LogP contribution in [0.5, 0.6) is 17.2 Å². The number of carbonyl (C=O) groups is 3. The molecule has 0 heterocycles. The minimum atomic E-state index is -1.44. The second-order valence-corrected chi connectivity index (χ2v) is 10.4. The molecule has 7 nitrogen and oxygen atoms in total. The zero-order valence-corrected chi connectivity index (χ0v) is 20.2. The number of rotatable bonds is 5. The smallest absolute Gasteiger partial charge is 0.175 e. The summed E-state index contributed by atoms with van der Waals surface area (Å²) in [6, 6.07) is 0. The molecule has 0 fully saturated rings. The van der Waals surface area contributed by atoms with E-state index < -0.39 is 68.9 Å². The maximum absolute atomic E-state index is 13.5. The Morgan fingerprint density at radius 3 is 1.75 bits per heavy atom. The number of aromatic hydroxyl groups is 3. The number of benzene rings is 1. The molecule has 0 radical (unpaired) electrons. The summed E-state index contributed by atoms with van der Waals surface area (Å²) in [5.74, 6) is -5.67. The Morgan fingerprint density at radius 1 is 0.812 bits per heavy atom. The van der Waals surface area contributed by atoms with Gasteiger partial charge in [-0.2, -0.15) is 0 Å². The lowest BCUT2D eigenvalue weighted by Gasteiger charge is -2.41. The highest BCUT2D eigenvalue weighted by molar-refractivity contribution is 6.19. The van der Waals surface area contributed by atoms with Gasteiger partial charge in [0.2, 0.25) is 0 Å². The Bertz CT molecular complexity index is 1040. The van der Waals surface area contributed by atoms with Crippen molar-refractivity contribution in [1.82, 2.24) is 0 Å². The molecule has 1 aromatic rings. The van der Waals surface area contributed by atoms with Crippen molar-refractivity contribution in [2.75, 3.05) is 0 Å². The molecule has 1 atom stereocenters. The van der Waals surface area contributed by atoms with Gasteiger partial charge in [0.15, 0.2) is 17.3 Å². The molecule has 1 aliphatic carbocycles. The van der Waals surface area contributed by atoms with Crippen LogP contribution in [0.1, 0.15) is 82.8 Å². The van der Waals surface area contributed by atoms with E-state index in [1.807, 2.05) is 0 Å². The number of aliphatic hydroxyl groups is 1. The van der Waals surface area contributed by atoms with Gasteiger partial charge in [-0.05, 0) is 40.5 Å². The minimum absolute atomic E-state index is 0.0228. The molecule has 0 saturated carbocycles. The first kappa shape index (κ1) is 25.4. The van der Waals surface area contributed by atoms with Crippen molar-refractivity contribution in [1.29, 1.82) is 0 Å². The summed E-state index contributed by atoms with van der Waals surface area (Å²) < 4.78 is 0. The van der Waals surface area contributed by atoms with Gasteiger partial charge in [-0.25, -0.2) is 0 Å². The Hall–Kier alpha value is -2.83. The molecule has 1 aromatic carbocycles. The van der Waals surface area contributed by atoms with Crippen LogP contribution in [0.3, 0.4) is 0 Å². The first-order chi connectivity index (χ1) is 14.4. The molecule has 0 saturated heterocycles. The molecule has 32 heavy (non-hydrogen) atoms. The van der Waals surface area contributed by atoms with Crippen molar-refractivity contribution in [2.45, 2.75) is 68.2 Å². The van der Waals surface area contributed by atoms with Crippen LogP contribution in [0.15, 0.2) is 11.3 Å². The summed E-state index contributed by atoms with van der Waals surface area (Å²) in [4.78, 5) is 39.2. The van der Waals surface area contributed by atoms with Gasteiger partial charge in [0.05, 0.1) is 10.8 Å². The van der Waals surface area contributed by atoms with Gasteiger partial charge in [0, 0.05) is 28.5 Å². The van der Waals surface area contributed by atoms with Crippen molar-refractivity contribution in [3.63, 3.8) is 0 Å². The average molecular weight is 447 g/mol. The van der Waals surface area contributed by atoms with Gasteiger partial charge in [0.1, 0.15) is 28.6 Å². The summed E-state index contributed by atoms with van der Waals surface area (Å²) in [5, 5.41) is 43.6. The van der Waals surface area contributed by atoms with Gasteiger partial charge in [-0.3, -0.25) is 14.4 Å². The molecule has 0 unspecified atom stereocenters. The number of hydrogen-bond acceptors (Lipinski definition) is 7. The fraction of sp³-hybridized carbons (Fsp3) is 0.560. The SMILES string of the molecule is Cc1c(O)c(C(=O)C(C)C)c(O)c([C@@H](C2=C(O)C(C)(C)C(=O)C(C)(C)C2=O)C(C)C)c1O. The Morgan fingerprint density at radius 2 is 1.31 bits per heavy atom. The average Bonchev–Trinajstić information content (AvgIpc) is 2.68. The molecule has 4 N–H and O–H groups in total. The standard InChI is InChI=1S/C25H34O7/c1-10(2)13(15-21(30)24(6,7)23(32)25(8,9)22(15)31)14-18(27)12(5)19(28)16(20(14)29)17(26)11(3)4/h10-11,13,27-30H,1-9H3/t13-/m0/s1. The molecule has 0 aliphatic heterocycles. The summed E-state index contributed by atoms with van der Waals surface area (Å²) in [5.41, 5.74) is -3.39. The molecule has 1 aliphatic rings. The number of phenolic OH excluding ortho intramolecular Hbond substituents is 3. The third kappa shape index (κ3) is 3.48. The highest BCUT2D eigenvalue weighted by Gasteiger charge is 2.55. The van der Waals surface area contributed by atoms with E-state index in [1.54, 1.807) is 27.7 Å². The summed E-state index contributed by atoms with van der Waals surface area (Å²) in [6.45, 7) is 14.1. The van der Waals surface area contributed by atoms with E-state index in [1.165, 1.54) is 34.6 Å². The first-order valence-electron chi connectivity index (χ1n) is 10.8. The zero-order valence-electron chi connectivity index (χ0n) is 20.2. The molecular weight excluding hydrogens is 412 g/mol. The Kier molecular flexibility index (Phi) is 6.31. The van der Waals surface area contributed by atoms with E-state index in [9.17, 15) is 34.8 Å². The van der Waals surface area contributed by atoms with Crippen LogP contribution >= 0.6 is 0 Å². The fourth-order valence-electron chi connectivity index (χ4n) is 4.55. The second-order valence-electron chi connectivity index (χ2n) is 10.4. The number of ketones is 3. The lowest BCUT2D eigenvalue weighted by molar-refractivity contribution is -0.144. The second kappa shape index (κ2) is 7.94. The number of aliphatic hydroxyl groups excluding tert-OH is 1. The van der Waals surface area contributed by atoms with Crippen LogP contribution in [-0.4, -0.2) is 37.8 Å². The van der Waals surface area contributed by atoms with E-state index in [2.05, 4.69) is 0 Å². The fourth-order valence-corrected chi connectivity index (χ4v) is 4.55. The maximum Gasteiger partial charge on any atom is 0.175 e. The number of Topliss-reactive ketones (excluding diaryl/α,β-unsaturated/α-hetero) is 3.